The van der Waals surface area contributed by atoms with Crippen LogP contribution in [0.4, 0.5) is 26.7 Å². The van der Waals surface area contributed by atoms with Crippen molar-refractivity contribution in [2.24, 2.45) is 0 Å². The average Bonchev–Trinajstić information content (AvgIpc) is 3.27. The fourth-order valence-electron chi connectivity index (χ4n) is 4.07. The van der Waals surface area contributed by atoms with Gasteiger partial charge in [-0.25, -0.2) is 22.8 Å². The molecule has 3 aromatic rings. The van der Waals surface area contributed by atoms with Gasteiger partial charge in [0.25, 0.3) is 0 Å². The maximum Gasteiger partial charge on any atom is 0.407 e. The predicted octanol–water partition coefficient (Wildman–Crippen LogP) is 4.86. The lowest BCUT2D eigenvalue weighted by Gasteiger charge is -2.14. The van der Waals surface area contributed by atoms with E-state index in [-0.39, 0.29) is 38.9 Å². The van der Waals surface area contributed by atoms with Gasteiger partial charge in [0, 0.05) is 12.5 Å². The molecule has 1 aliphatic rings. The molecule has 0 fully saturated rings. The van der Waals surface area contributed by atoms with E-state index in [1.807, 2.05) is 48.5 Å². The van der Waals surface area contributed by atoms with Crippen LogP contribution in [0.25, 0.3) is 11.1 Å². The molecule has 1 amide bonds. The van der Waals surface area contributed by atoms with E-state index in [0.717, 1.165) is 22.3 Å². The molecule has 0 unspecified atom stereocenters. The first-order valence-electron chi connectivity index (χ1n) is 11.8. The Labute approximate surface area is 219 Å². The van der Waals surface area contributed by atoms with Crippen molar-refractivity contribution in [3.05, 3.63) is 88.7 Å². The summed E-state index contributed by atoms with van der Waals surface area (Å²) in [6, 6.07) is 15.9. The second-order valence-corrected chi connectivity index (χ2v) is 8.29. The fraction of sp³-hybridized carbons (Fsp3) is 0.259. The highest BCUT2D eigenvalue weighted by Crippen LogP contribution is 2.44. The number of carbonyl (C=O) groups excluding carboxylic acids is 2. The number of hydrogen-bond donors (Lipinski definition) is 1. The van der Waals surface area contributed by atoms with E-state index in [9.17, 15) is 31.5 Å². The summed E-state index contributed by atoms with van der Waals surface area (Å²) in [5.74, 6) is -14.6. The van der Waals surface area contributed by atoms with Crippen molar-refractivity contribution >= 4 is 12.1 Å². The van der Waals surface area contributed by atoms with Gasteiger partial charge in [0.1, 0.15) is 13.2 Å². The Bertz CT molecular complexity index is 1290. The largest absolute Gasteiger partial charge is 0.449 e. The molecular weight excluding hydrogens is 529 g/mol. The molecule has 0 radical (unpaired) electrons. The van der Waals surface area contributed by atoms with E-state index in [1.54, 1.807) is 0 Å². The molecule has 0 aromatic heterocycles. The first-order valence-corrected chi connectivity index (χ1v) is 11.8. The van der Waals surface area contributed by atoms with Crippen molar-refractivity contribution in [2.75, 3.05) is 39.6 Å². The van der Waals surface area contributed by atoms with Gasteiger partial charge in [-0.1, -0.05) is 48.5 Å². The van der Waals surface area contributed by atoms with Crippen molar-refractivity contribution in [3.8, 4) is 16.9 Å². The SMILES string of the molecule is O=C(COCCOCCNC(=O)OCC1c2ccccc2-c2ccccc21)Oc1c(F)c(F)c(F)c(F)c1F. The number of carbonyl (C=O) groups is 2. The molecule has 0 heterocycles. The van der Waals surface area contributed by atoms with Gasteiger partial charge in [0.2, 0.25) is 34.8 Å². The minimum absolute atomic E-state index is 0.0256. The quantitative estimate of drug-likeness (QED) is 0.0916. The number of alkyl carbamates (subject to hydrolysis) is 1. The standard InChI is InChI=1S/C27H22F5NO6/c28-21-22(29)24(31)26(25(32)23(21)30)39-20(34)14-37-12-11-36-10-9-33-27(35)38-13-19-17-7-3-1-5-15(17)16-6-2-4-8-18(16)19/h1-8,19H,9-14H2,(H,33,35). The maximum absolute atomic E-state index is 13.5. The summed E-state index contributed by atoms with van der Waals surface area (Å²) < 4.78 is 86.1. The van der Waals surface area contributed by atoms with E-state index in [1.165, 1.54) is 0 Å². The minimum Gasteiger partial charge on any atom is -0.449 e. The van der Waals surface area contributed by atoms with Gasteiger partial charge >= 0.3 is 12.1 Å². The summed E-state index contributed by atoms with van der Waals surface area (Å²) >= 11 is 0. The number of benzene rings is 3. The van der Waals surface area contributed by atoms with Crippen molar-refractivity contribution in [1.82, 2.24) is 5.32 Å². The molecule has 12 heteroatoms. The first kappa shape index (κ1) is 28.0. The highest BCUT2D eigenvalue weighted by Gasteiger charge is 2.30. The molecule has 1 N–H and O–H groups in total. The van der Waals surface area contributed by atoms with Gasteiger partial charge in [-0.2, -0.15) is 8.78 Å². The van der Waals surface area contributed by atoms with E-state index < -0.39 is 53.5 Å². The molecule has 39 heavy (non-hydrogen) atoms. The van der Waals surface area contributed by atoms with Crippen LogP contribution in [0, 0.1) is 29.1 Å². The predicted molar refractivity (Wildman–Crippen MR) is 127 cm³/mol. The molecular formula is C27H22F5NO6. The van der Waals surface area contributed by atoms with Crippen molar-refractivity contribution in [2.45, 2.75) is 5.92 Å². The van der Waals surface area contributed by atoms with Gasteiger partial charge in [0.05, 0.1) is 19.8 Å². The monoisotopic (exact) mass is 551 g/mol. The fourth-order valence-corrected chi connectivity index (χ4v) is 4.07. The highest BCUT2D eigenvalue weighted by atomic mass is 19.2. The molecule has 206 valence electrons. The molecule has 0 bridgehead atoms. The number of rotatable bonds is 11. The van der Waals surface area contributed by atoms with Gasteiger partial charge in [0.15, 0.2) is 0 Å². The van der Waals surface area contributed by atoms with Crippen LogP contribution in [0.5, 0.6) is 5.75 Å². The molecule has 1 aliphatic carbocycles. The summed E-state index contributed by atoms with van der Waals surface area (Å²) in [7, 11) is 0. The van der Waals surface area contributed by atoms with E-state index >= 15 is 0 Å². The Hall–Kier alpha value is -4.03. The zero-order valence-electron chi connectivity index (χ0n) is 20.3. The number of halogens is 5. The second-order valence-electron chi connectivity index (χ2n) is 8.29. The third-order valence-electron chi connectivity index (χ3n) is 5.84. The summed E-state index contributed by atoms with van der Waals surface area (Å²) in [5.41, 5.74) is 4.41. The zero-order valence-corrected chi connectivity index (χ0v) is 20.3. The summed E-state index contributed by atoms with van der Waals surface area (Å²) in [4.78, 5) is 23.7. The third-order valence-corrected chi connectivity index (χ3v) is 5.84. The van der Waals surface area contributed by atoms with Crippen LogP contribution in [-0.4, -0.2) is 51.6 Å². The number of fused-ring (bicyclic) bond motifs is 3. The minimum atomic E-state index is -2.37. The Morgan fingerprint density at radius 1 is 0.718 bits per heavy atom. The molecule has 0 spiro atoms. The van der Waals surface area contributed by atoms with Crippen LogP contribution in [0.2, 0.25) is 0 Å². The van der Waals surface area contributed by atoms with Crippen LogP contribution in [0.3, 0.4) is 0 Å². The smallest absolute Gasteiger partial charge is 0.407 e. The summed E-state index contributed by atoms with van der Waals surface area (Å²) in [5, 5.41) is 2.55. The van der Waals surface area contributed by atoms with Gasteiger partial charge < -0.3 is 24.3 Å². The van der Waals surface area contributed by atoms with Crippen molar-refractivity contribution < 1.29 is 50.5 Å². The summed E-state index contributed by atoms with van der Waals surface area (Å²) in [6.07, 6.45) is -0.618. The lowest BCUT2D eigenvalue weighted by atomic mass is 9.98. The van der Waals surface area contributed by atoms with Crippen LogP contribution in [0.1, 0.15) is 17.0 Å². The van der Waals surface area contributed by atoms with Crippen LogP contribution in [0.15, 0.2) is 48.5 Å². The van der Waals surface area contributed by atoms with Crippen LogP contribution >= 0.6 is 0 Å². The number of hydrogen-bond acceptors (Lipinski definition) is 6. The lowest BCUT2D eigenvalue weighted by Crippen LogP contribution is -2.29. The lowest BCUT2D eigenvalue weighted by molar-refractivity contribution is -0.140. The first-order chi connectivity index (χ1) is 18.8. The Balaban J connectivity index is 1.10. The number of esters is 1. The normalized spacial score (nSPS) is 12.1. The Morgan fingerprint density at radius 2 is 1.26 bits per heavy atom. The van der Waals surface area contributed by atoms with Crippen molar-refractivity contribution in [3.63, 3.8) is 0 Å². The molecule has 0 saturated heterocycles. The Kier molecular flexibility index (Phi) is 9.10. The zero-order chi connectivity index (χ0) is 27.9. The molecule has 0 aliphatic heterocycles. The van der Waals surface area contributed by atoms with Gasteiger partial charge in [-0.3, -0.25) is 0 Å². The number of nitrogens with one attached hydrogen (secondary N) is 1. The summed E-state index contributed by atoms with van der Waals surface area (Å²) in [6.45, 7) is -0.642. The molecule has 3 aromatic carbocycles. The second kappa shape index (κ2) is 12.7. The van der Waals surface area contributed by atoms with Gasteiger partial charge in [-0.15, -0.1) is 0 Å². The molecule has 4 rings (SSSR count). The average molecular weight is 551 g/mol. The number of ether oxygens (including phenoxy) is 4. The van der Waals surface area contributed by atoms with Crippen LogP contribution in [-0.2, 0) is 19.0 Å². The maximum atomic E-state index is 13.5. The highest BCUT2D eigenvalue weighted by molar-refractivity contribution is 5.79. The van der Waals surface area contributed by atoms with E-state index in [2.05, 4.69) is 10.1 Å². The van der Waals surface area contributed by atoms with E-state index in [0.29, 0.717) is 0 Å². The molecule has 0 atom stereocenters. The third kappa shape index (κ3) is 6.35. The number of amides is 1. The Morgan fingerprint density at radius 3 is 1.87 bits per heavy atom. The van der Waals surface area contributed by atoms with Crippen LogP contribution < -0.4 is 10.1 Å². The van der Waals surface area contributed by atoms with Gasteiger partial charge in [-0.05, 0) is 22.3 Å². The van der Waals surface area contributed by atoms with E-state index in [4.69, 9.17) is 14.2 Å². The van der Waals surface area contributed by atoms with Crippen molar-refractivity contribution in [1.29, 1.82) is 0 Å². The topological polar surface area (TPSA) is 83.1 Å². The molecule has 0 saturated carbocycles. The molecule has 7 nitrogen and oxygen atoms in total.